The third kappa shape index (κ3) is 3.61. The lowest BCUT2D eigenvalue weighted by Gasteiger charge is -2.43. The highest BCUT2D eigenvalue weighted by molar-refractivity contribution is 5.99. The molecule has 0 bridgehead atoms. The number of piperazine rings is 1. The molecule has 6 heteroatoms. The minimum atomic E-state index is -1.11. The molecule has 0 aliphatic carbocycles. The average Bonchev–Trinajstić information content (AvgIpc) is 2.66. The van der Waals surface area contributed by atoms with Gasteiger partial charge < -0.3 is 10.2 Å². The third-order valence-corrected chi connectivity index (χ3v) is 5.36. The number of hydrogen-bond donors (Lipinski definition) is 1. The largest absolute Gasteiger partial charge is 0.340 e. The van der Waals surface area contributed by atoms with Gasteiger partial charge in [0.2, 0.25) is 11.8 Å². The van der Waals surface area contributed by atoms with Crippen molar-refractivity contribution < 1.29 is 14.0 Å². The first-order valence-electron chi connectivity index (χ1n) is 9.07. The van der Waals surface area contributed by atoms with Gasteiger partial charge in [0.1, 0.15) is 17.4 Å². The van der Waals surface area contributed by atoms with Crippen LogP contribution in [0.5, 0.6) is 0 Å². The number of aryl methyl sites for hydroxylation is 1. The molecule has 28 heavy (non-hydrogen) atoms. The average molecular weight is 379 g/mol. The van der Waals surface area contributed by atoms with E-state index in [4.69, 9.17) is 0 Å². The molecule has 2 aromatic carbocycles. The Bertz CT molecular complexity index is 965. The third-order valence-electron chi connectivity index (χ3n) is 5.36. The van der Waals surface area contributed by atoms with Crippen LogP contribution in [0.15, 0.2) is 42.5 Å². The fraction of sp³-hybridized carbons (Fsp3) is 0.318. The summed E-state index contributed by atoms with van der Waals surface area (Å²) in [6.45, 7) is 3.56. The van der Waals surface area contributed by atoms with Crippen LogP contribution in [0.25, 0.3) is 0 Å². The normalized spacial score (nSPS) is 22.0. The zero-order chi connectivity index (χ0) is 20.5. The molecule has 1 aliphatic rings. The first kappa shape index (κ1) is 19.6. The molecule has 2 amide bonds. The van der Waals surface area contributed by atoms with E-state index in [1.54, 1.807) is 38.2 Å². The molecular weight excluding hydrogens is 357 g/mol. The Morgan fingerprint density at radius 1 is 1.21 bits per heavy atom. The number of carbonyl (C=O) groups excluding carboxylic acids is 2. The summed E-state index contributed by atoms with van der Waals surface area (Å²) >= 11 is 0. The molecule has 5 nitrogen and oxygen atoms in total. The lowest BCUT2D eigenvalue weighted by atomic mass is 9.86. The Morgan fingerprint density at radius 2 is 1.89 bits per heavy atom. The maximum absolute atomic E-state index is 13.1. The van der Waals surface area contributed by atoms with Crippen molar-refractivity contribution in [3.8, 4) is 6.07 Å². The number of likely N-dealkylation sites (N-methyl/N-ethyl adjacent to an activating group) is 1. The van der Waals surface area contributed by atoms with Crippen molar-refractivity contribution in [1.29, 1.82) is 5.26 Å². The highest BCUT2D eigenvalue weighted by Gasteiger charge is 2.46. The second kappa shape index (κ2) is 7.43. The fourth-order valence-electron chi connectivity index (χ4n) is 3.75. The molecule has 1 heterocycles. The SMILES string of the molecule is Cc1cccc(C#N)c1CC1C(=O)NC(C)(Cc2ccc(F)cc2)C(=O)N1C. The van der Waals surface area contributed by atoms with E-state index in [-0.39, 0.29) is 30.5 Å². The van der Waals surface area contributed by atoms with Crippen molar-refractivity contribution in [3.63, 3.8) is 0 Å². The summed E-state index contributed by atoms with van der Waals surface area (Å²) in [5, 5.41) is 12.2. The number of amides is 2. The van der Waals surface area contributed by atoms with Crippen LogP contribution in [0, 0.1) is 24.1 Å². The number of rotatable bonds is 4. The monoisotopic (exact) mass is 379 g/mol. The number of nitrogens with zero attached hydrogens (tertiary/aromatic N) is 2. The second-order valence-corrected chi connectivity index (χ2v) is 7.47. The van der Waals surface area contributed by atoms with Crippen LogP contribution < -0.4 is 5.32 Å². The summed E-state index contributed by atoms with van der Waals surface area (Å²) in [6.07, 6.45) is 0.541. The summed E-state index contributed by atoms with van der Waals surface area (Å²) in [4.78, 5) is 27.4. The number of hydrogen-bond acceptors (Lipinski definition) is 3. The van der Waals surface area contributed by atoms with Crippen molar-refractivity contribution in [2.45, 2.75) is 38.3 Å². The zero-order valence-electron chi connectivity index (χ0n) is 16.1. The van der Waals surface area contributed by atoms with Crippen LogP contribution in [0.2, 0.25) is 0 Å². The summed E-state index contributed by atoms with van der Waals surface area (Å²) in [7, 11) is 1.61. The van der Waals surface area contributed by atoms with E-state index in [1.165, 1.54) is 17.0 Å². The number of carbonyl (C=O) groups is 2. The predicted molar refractivity (Wildman–Crippen MR) is 103 cm³/mol. The van der Waals surface area contributed by atoms with Crippen LogP contribution in [0.1, 0.15) is 29.2 Å². The molecule has 0 radical (unpaired) electrons. The van der Waals surface area contributed by atoms with Gasteiger partial charge >= 0.3 is 0 Å². The van der Waals surface area contributed by atoms with E-state index < -0.39 is 11.6 Å². The van der Waals surface area contributed by atoms with Crippen molar-refractivity contribution >= 4 is 11.8 Å². The Balaban J connectivity index is 1.84. The number of nitrogens with one attached hydrogen (secondary N) is 1. The standard InChI is InChI=1S/C22H22FN3O2/c1-14-5-4-6-16(13-24)18(14)11-19-20(27)25-22(2,21(28)26(19)3)12-15-7-9-17(23)10-8-15/h4-10,19H,11-12H2,1-3H3,(H,25,27). The lowest BCUT2D eigenvalue weighted by molar-refractivity contribution is -0.152. The highest BCUT2D eigenvalue weighted by atomic mass is 19.1. The van der Waals surface area contributed by atoms with Crippen molar-refractivity contribution in [1.82, 2.24) is 10.2 Å². The van der Waals surface area contributed by atoms with Gasteiger partial charge in [-0.25, -0.2) is 4.39 Å². The summed E-state index contributed by atoms with van der Waals surface area (Å²) in [5.41, 5.74) is 1.84. The summed E-state index contributed by atoms with van der Waals surface area (Å²) in [6, 6.07) is 12.7. The van der Waals surface area contributed by atoms with Gasteiger partial charge in [-0.15, -0.1) is 0 Å². The molecule has 0 spiro atoms. The Kier molecular flexibility index (Phi) is 5.19. The maximum atomic E-state index is 13.1. The van der Waals surface area contributed by atoms with Gasteiger partial charge in [-0.05, 0) is 48.7 Å². The van der Waals surface area contributed by atoms with Crippen LogP contribution in [-0.2, 0) is 22.4 Å². The number of nitriles is 1. The van der Waals surface area contributed by atoms with Gasteiger partial charge in [0.25, 0.3) is 0 Å². The predicted octanol–water partition coefficient (Wildman–Crippen LogP) is 2.51. The molecule has 1 aliphatic heterocycles. The minimum absolute atomic E-state index is 0.214. The fourth-order valence-corrected chi connectivity index (χ4v) is 3.75. The van der Waals surface area contributed by atoms with Gasteiger partial charge in [0.15, 0.2) is 0 Å². The molecule has 0 saturated carbocycles. The van der Waals surface area contributed by atoms with E-state index in [0.29, 0.717) is 5.56 Å². The first-order valence-corrected chi connectivity index (χ1v) is 9.07. The molecule has 1 saturated heterocycles. The van der Waals surface area contributed by atoms with Crippen LogP contribution in [0.3, 0.4) is 0 Å². The van der Waals surface area contributed by atoms with Crippen LogP contribution in [0.4, 0.5) is 4.39 Å². The minimum Gasteiger partial charge on any atom is -0.340 e. The Morgan fingerprint density at radius 3 is 2.54 bits per heavy atom. The highest BCUT2D eigenvalue weighted by Crippen LogP contribution is 2.25. The van der Waals surface area contributed by atoms with E-state index >= 15 is 0 Å². The van der Waals surface area contributed by atoms with Crippen LogP contribution >= 0.6 is 0 Å². The number of halogens is 1. The molecule has 2 atom stereocenters. The van der Waals surface area contributed by atoms with Gasteiger partial charge in [-0.1, -0.05) is 24.3 Å². The van der Waals surface area contributed by atoms with Crippen molar-refractivity contribution in [3.05, 3.63) is 70.5 Å². The molecule has 144 valence electrons. The van der Waals surface area contributed by atoms with Gasteiger partial charge in [0.05, 0.1) is 11.6 Å². The van der Waals surface area contributed by atoms with Crippen molar-refractivity contribution in [2.24, 2.45) is 0 Å². The molecule has 0 aromatic heterocycles. The molecule has 2 unspecified atom stereocenters. The quantitative estimate of drug-likeness (QED) is 0.887. The topological polar surface area (TPSA) is 73.2 Å². The maximum Gasteiger partial charge on any atom is 0.248 e. The van der Waals surface area contributed by atoms with E-state index in [1.807, 2.05) is 13.0 Å². The molecule has 1 N–H and O–H groups in total. The zero-order valence-corrected chi connectivity index (χ0v) is 16.1. The second-order valence-electron chi connectivity index (χ2n) is 7.47. The lowest BCUT2D eigenvalue weighted by Crippen LogP contribution is -2.69. The van der Waals surface area contributed by atoms with Gasteiger partial charge in [-0.3, -0.25) is 9.59 Å². The molecule has 3 rings (SSSR count). The van der Waals surface area contributed by atoms with Gasteiger partial charge in [0, 0.05) is 19.9 Å². The molecule has 1 fully saturated rings. The number of benzene rings is 2. The molecular formula is C22H22FN3O2. The molecule has 2 aromatic rings. The van der Waals surface area contributed by atoms with E-state index in [9.17, 15) is 19.2 Å². The summed E-state index contributed by atoms with van der Waals surface area (Å²) in [5.74, 6) is -0.830. The van der Waals surface area contributed by atoms with Crippen LogP contribution in [-0.4, -0.2) is 35.3 Å². The Labute approximate surface area is 163 Å². The first-order chi connectivity index (χ1) is 13.2. The summed E-state index contributed by atoms with van der Waals surface area (Å²) < 4.78 is 13.1. The van der Waals surface area contributed by atoms with Crippen molar-refractivity contribution in [2.75, 3.05) is 7.05 Å². The Hall–Kier alpha value is -3.20. The van der Waals surface area contributed by atoms with Gasteiger partial charge in [-0.2, -0.15) is 5.26 Å². The smallest absolute Gasteiger partial charge is 0.248 e. The van der Waals surface area contributed by atoms with E-state index in [0.717, 1.165) is 16.7 Å². The van der Waals surface area contributed by atoms with E-state index in [2.05, 4.69) is 11.4 Å².